The summed E-state index contributed by atoms with van der Waals surface area (Å²) in [7, 11) is 1.59. The van der Waals surface area contributed by atoms with Crippen molar-refractivity contribution in [3.8, 4) is 0 Å². The van der Waals surface area contributed by atoms with Crippen LogP contribution in [-0.2, 0) is 16.1 Å². The van der Waals surface area contributed by atoms with Crippen LogP contribution in [0.3, 0.4) is 0 Å². The number of hydrogen-bond donors (Lipinski definition) is 1. The maximum absolute atomic E-state index is 10.2. The molecule has 0 aromatic carbocycles. The van der Waals surface area contributed by atoms with Gasteiger partial charge in [0.1, 0.15) is 5.01 Å². The normalized spacial score (nSPS) is 10.8. The van der Waals surface area contributed by atoms with E-state index in [9.17, 15) is 4.79 Å². The molecule has 0 aliphatic carbocycles. The summed E-state index contributed by atoms with van der Waals surface area (Å²) in [4.78, 5) is 14.3. The number of aromatic nitrogens is 1. The Hall–Kier alpha value is -1.20. The first-order valence-electron chi connectivity index (χ1n) is 3.56. The Morgan fingerprint density at radius 1 is 1.85 bits per heavy atom. The van der Waals surface area contributed by atoms with Crippen molar-refractivity contribution < 1.29 is 14.6 Å². The van der Waals surface area contributed by atoms with E-state index in [4.69, 9.17) is 9.84 Å². The maximum atomic E-state index is 10.2. The third-order valence-corrected chi connectivity index (χ3v) is 2.07. The van der Waals surface area contributed by atoms with Crippen LogP contribution in [0.25, 0.3) is 6.08 Å². The number of nitrogens with zero attached hydrogens (tertiary/aromatic N) is 1. The lowest BCUT2D eigenvalue weighted by Crippen LogP contribution is -1.87. The molecule has 0 unspecified atom stereocenters. The molecule has 1 aromatic rings. The highest BCUT2D eigenvalue weighted by Gasteiger charge is 1.98. The van der Waals surface area contributed by atoms with E-state index >= 15 is 0 Å². The molecule has 0 amide bonds. The van der Waals surface area contributed by atoms with Crippen LogP contribution in [0.4, 0.5) is 0 Å². The first-order chi connectivity index (χ1) is 6.22. The number of carboxylic acids is 1. The fourth-order valence-corrected chi connectivity index (χ4v) is 1.48. The van der Waals surface area contributed by atoms with Crippen LogP contribution in [0.5, 0.6) is 0 Å². The Labute approximate surface area is 79.5 Å². The topological polar surface area (TPSA) is 59.4 Å². The summed E-state index contributed by atoms with van der Waals surface area (Å²) >= 11 is 1.45. The molecule has 0 aliphatic rings. The van der Waals surface area contributed by atoms with Crippen molar-refractivity contribution in [1.82, 2.24) is 4.98 Å². The fraction of sp³-hybridized carbons (Fsp3) is 0.250. The number of aliphatic carboxylic acids is 1. The molecule has 0 bridgehead atoms. The van der Waals surface area contributed by atoms with Gasteiger partial charge in [-0.3, -0.25) is 0 Å². The summed E-state index contributed by atoms with van der Waals surface area (Å²) in [5.41, 5.74) is 0.652. The lowest BCUT2D eigenvalue weighted by Gasteiger charge is -1.89. The van der Waals surface area contributed by atoms with Gasteiger partial charge in [0, 0.05) is 18.6 Å². The van der Waals surface area contributed by atoms with Crippen LogP contribution < -0.4 is 0 Å². The molecule has 0 fully saturated rings. The fourth-order valence-electron chi connectivity index (χ4n) is 0.748. The molecule has 0 saturated carbocycles. The molecule has 0 radical (unpaired) electrons. The van der Waals surface area contributed by atoms with Gasteiger partial charge in [-0.1, -0.05) is 0 Å². The van der Waals surface area contributed by atoms with Crippen LogP contribution in [0.1, 0.15) is 10.7 Å². The minimum atomic E-state index is -0.971. The molecule has 0 saturated heterocycles. The number of carboxylic acid groups (broad SMARTS) is 1. The number of ether oxygens (including phenoxy) is 1. The highest BCUT2D eigenvalue weighted by atomic mass is 32.1. The summed E-state index contributed by atoms with van der Waals surface area (Å²) in [6.07, 6.45) is 2.52. The zero-order valence-corrected chi connectivity index (χ0v) is 7.87. The van der Waals surface area contributed by atoms with Crippen LogP contribution in [0, 0.1) is 0 Å². The Morgan fingerprint density at radius 2 is 2.62 bits per heavy atom. The van der Waals surface area contributed by atoms with Gasteiger partial charge in [-0.15, -0.1) is 11.3 Å². The van der Waals surface area contributed by atoms with Crippen molar-refractivity contribution >= 4 is 23.4 Å². The van der Waals surface area contributed by atoms with Gasteiger partial charge in [-0.25, -0.2) is 9.78 Å². The van der Waals surface area contributed by atoms with Crippen LogP contribution in [0.2, 0.25) is 0 Å². The van der Waals surface area contributed by atoms with Gasteiger partial charge >= 0.3 is 5.97 Å². The lowest BCUT2D eigenvalue weighted by molar-refractivity contribution is -0.131. The molecular weight excluding hydrogens is 190 g/mol. The van der Waals surface area contributed by atoms with Gasteiger partial charge < -0.3 is 9.84 Å². The minimum Gasteiger partial charge on any atom is -0.478 e. The van der Waals surface area contributed by atoms with E-state index in [-0.39, 0.29) is 0 Å². The molecule has 70 valence electrons. The van der Waals surface area contributed by atoms with E-state index in [1.165, 1.54) is 17.4 Å². The van der Waals surface area contributed by atoms with Crippen molar-refractivity contribution in [2.45, 2.75) is 6.61 Å². The smallest absolute Gasteiger partial charge is 0.328 e. The zero-order valence-electron chi connectivity index (χ0n) is 7.06. The van der Waals surface area contributed by atoms with Gasteiger partial charge in [0.15, 0.2) is 0 Å². The van der Waals surface area contributed by atoms with Crippen molar-refractivity contribution in [1.29, 1.82) is 0 Å². The van der Waals surface area contributed by atoms with E-state index in [0.717, 1.165) is 11.1 Å². The lowest BCUT2D eigenvalue weighted by atomic mass is 10.4. The van der Waals surface area contributed by atoms with Gasteiger partial charge in [-0.05, 0) is 6.08 Å². The number of methoxy groups -OCH3 is 1. The van der Waals surface area contributed by atoms with Crippen molar-refractivity contribution in [3.05, 3.63) is 22.2 Å². The predicted octanol–water partition coefficient (Wildman–Crippen LogP) is 1.39. The van der Waals surface area contributed by atoms with Gasteiger partial charge in [0.25, 0.3) is 0 Å². The van der Waals surface area contributed by atoms with E-state index in [1.807, 2.05) is 0 Å². The van der Waals surface area contributed by atoms with Gasteiger partial charge in [-0.2, -0.15) is 0 Å². The third kappa shape index (κ3) is 3.35. The summed E-state index contributed by atoms with van der Waals surface area (Å²) in [6.45, 7) is 0.464. The van der Waals surface area contributed by atoms with E-state index in [0.29, 0.717) is 12.3 Å². The van der Waals surface area contributed by atoms with E-state index in [2.05, 4.69) is 4.98 Å². The summed E-state index contributed by atoms with van der Waals surface area (Å²) in [6, 6.07) is 0. The van der Waals surface area contributed by atoms with Gasteiger partial charge in [0.2, 0.25) is 0 Å². The van der Waals surface area contributed by atoms with Crippen LogP contribution in [-0.4, -0.2) is 23.2 Å². The number of hydrogen-bond acceptors (Lipinski definition) is 4. The predicted molar refractivity (Wildman–Crippen MR) is 49.5 cm³/mol. The quantitative estimate of drug-likeness (QED) is 0.744. The number of carbonyl (C=O) groups is 1. The van der Waals surface area contributed by atoms with Crippen LogP contribution >= 0.6 is 11.3 Å². The molecule has 4 nitrogen and oxygen atoms in total. The Balaban J connectivity index is 2.63. The zero-order chi connectivity index (χ0) is 9.68. The maximum Gasteiger partial charge on any atom is 0.328 e. The summed E-state index contributed by atoms with van der Waals surface area (Å²) < 4.78 is 4.87. The average molecular weight is 199 g/mol. The molecule has 0 atom stereocenters. The Morgan fingerprint density at radius 3 is 3.23 bits per heavy atom. The Kier molecular flexibility index (Phi) is 3.60. The second-order valence-corrected chi connectivity index (χ2v) is 3.21. The highest BCUT2D eigenvalue weighted by molar-refractivity contribution is 7.09. The standard InChI is InChI=1S/C8H9NO3S/c1-12-4-7-9-6(5-13-7)2-3-8(10)11/h2-3,5H,4H2,1H3,(H,10,11)/b3-2+. The largest absolute Gasteiger partial charge is 0.478 e. The second kappa shape index (κ2) is 4.74. The Bertz CT molecular complexity index is 319. The van der Waals surface area contributed by atoms with Crippen molar-refractivity contribution in [3.63, 3.8) is 0 Å². The van der Waals surface area contributed by atoms with Crippen LogP contribution in [0.15, 0.2) is 11.5 Å². The van der Waals surface area contributed by atoms with E-state index in [1.54, 1.807) is 12.5 Å². The molecule has 1 aromatic heterocycles. The SMILES string of the molecule is COCc1nc(/C=C/C(=O)O)cs1. The molecule has 13 heavy (non-hydrogen) atoms. The molecule has 1 heterocycles. The summed E-state index contributed by atoms with van der Waals surface area (Å²) in [5.74, 6) is -0.971. The van der Waals surface area contributed by atoms with Gasteiger partial charge in [0.05, 0.1) is 12.3 Å². The van der Waals surface area contributed by atoms with Crippen molar-refractivity contribution in [2.75, 3.05) is 7.11 Å². The first kappa shape index (κ1) is 9.88. The molecule has 0 spiro atoms. The molecule has 0 aliphatic heterocycles. The highest BCUT2D eigenvalue weighted by Crippen LogP contribution is 2.11. The molecular formula is C8H9NO3S. The summed E-state index contributed by atoms with van der Waals surface area (Å²) in [5, 5.41) is 11.0. The number of thiazole rings is 1. The monoisotopic (exact) mass is 199 g/mol. The molecule has 1 N–H and O–H groups in total. The third-order valence-electron chi connectivity index (χ3n) is 1.23. The average Bonchev–Trinajstić information content (AvgIpc) is 2.50. The molecule has 5 heteroatoms. The molecule has 1 rings (SSSR count). The van der Waals surface area contributed by atoms with E-state index < -0.39 is 5.97 Å². The minimum absolute atomic E-state index is 0.464. The second-order valence-electron chi connectivity index (χ2n) is 2.27. The number of rotatable bonds is 4. The van der Waals surface area contributed by atoms with Crippen molar-refractivity contribution in [2.24, 2.45) is 0 Å². The first-order valence-corrected chi connectivity index (χ1v) is 4.44.